The molecule has 0 aliphatic carbocycles. The molecule has 0 N–H and O–H groups in total. The van der Waals surface area contributed by atoms with Crippen molar-refractivity contribution in [3.63, 3.8) is 0 Å². The average Bonchev–Trinajstić information content (AvgIpc) is 2.42. The lowest BCUT2D eigenvalue weighted by molar-refractivity contribution is 0.123. The number of rotatable bonds is 5. The van der Waals surface area contributed by atoms with E-state index in [-0.39, 0.29) is 6.03 Å². The van der Waals surface area contributed by atoms with Crippen molar-refractivity contribution >= 4 is 6.03 Å². The smallest absolute Gasteiger partial charge is 0.320 e. The van der Waals surface area contributed by atoms with Crippen LogP contribution in [0.15, 0.2) is 0 Å². The van der Waals surface area contributed by atoms with Crippen molar-refractivity contribution in [2.45, 2.75) is 26.8 Å². The second kappa shape index (κ2) is 5.20. The van der Waals surface area contributed by atoms with Crippen LogP contribution in [-0.4, -0.2) is 54.7 Å². The summed E-state index contributed by atoms with van der Waals surface area (Å²) in [6, 6.07) is 0.494. The van der Waals surface area contributed by atoms with Gasteiger partial charge in [0, 0.05) is 32.3 Å². The molecule has 1 rings (SSSR count). The quantitative estimate of drug-likeness (QED) is 0.624. The van der Waals surface area contributed by atoms with E-state index in [9.17, 15) is 4.79 Å². The van der Waals surface area contributed by atoms with E-state index in [0.29, 0.717) is 19.2 Å². The standard InChI is InChI=1S/C10H20N2O2/c1-4-12-9(3)8-11(10(12)13)6-7-14-5-2/h9H,4-8H2,1-3H3. The maximum atomic E-state index is 11.7. The fraction of sp³-hybridized carbons (Fsp3) is 0.900. The Kier molecular flexibility index (Phi) is 4.20. The zero-order valence-corrected chi connectivity index (χ0v) is 9.32. The molecule has 14 heavy (non-hydrogen) atoms. The number of carbonyl (C=O) groups excluding carboxylic acids is 1. The van der Waals surface area contributed by atoms with Gasteiger partial charge in [0.1, 0.15) is 0 Å². The summed E-state index contributed by atoms with van der Waals surface area (Å²) in [5, 5.41) is 0. The first kappa shape index (κ1) is 11.3. The van der Waals surface area contributed by atoms with Crippen molar-refractivity contribution in [3.05, 3.63) is 0 Å². The second-order valence-corrected chi connectivity index (χ2v) is 3.56. The zero-order chi connectivity index (χ0) is 10.6. The molecule has 1 atom stereocenters. The summed E-state index contributed by atoms with van der Waals surface area (Å²) in [5.74, 6) is 0. The Hall–Kier alpha value is -0.770. The van der Waals surface area contributed by atoms with Gasteiger partial charge in [0.05, 0.1) is 6.61 Å². The van der Waals surface area contributed by atoms with Crippen LogP contribution in [0.3, 0.4) is 0 Å². The molecule has 82 valence electrons. The summed E-state index contributed by atoms with van der Waals surface area (Å²) >= 11 is 0. The van der Waals surface area contributed by atoms with Crippen molar-refractivity contribution in [1.29, 1.82) is 0 Å². The number of carbonyl (C=O) groups is 1. The van der Waals surface area contributed by atoms with Crippen molar-refractivity contribution in [3.8, 4) is 0 Å². The molecular weight excluding hydrogens is 180 g/mol. The molecule has 0 bridgehead atoms. The van der Waals surface area contributed by atoms with E-state index in [1.165, 1.54) is 0 Å². The van der Waals surface area contributed by atoms with Crippen LogP contribution in [-0.2, 0) is 4.74 Å². The Labute approximate surface area is 85.8 Å². The van der Waals surface area contributed by atoms with Crippen LogP contribution >= 0.6 is 0 Å². The van der Waals surface area contributed by atoms with E-state index in [2.05, 4.69) is 6.92 Å². The fourth-order valence-corrected chi connectivity index (χ4v) is 1.82. The highest BCUT2D eigenvalue weighted by molar-refractivity contribution is 5.77. The van der Waals surface area contributed by atoms with Gasteiger partial charge in [-0.2, -0.15) is 0 Å². The molecule has 1 unspecified atom stereocenters. The third-order valence-electron chi connectivity index (χ3n) is 2.58. The summed E-state index contributed by atoms with van der Waals surface area (Å²) in [4.78, 5) is 15.5. The van der Waals surface area contributed by atoms with Gasteiger partial charge in [-0.1, -0.05) is 0 Å². The predicted octanol–water partition coefficient (Wildman–Crippen LogP) is 1.17. The van der Waals surface area contributed by atoms with Crippen molar-refractivity contribution in [1.82, 2.24) is 9.80 Å². The Balaban J connectivity index is 2.37. The number of nitrogens with zero attached hydrogens (tertiary/aromatic N) is 2. The molecule has 4 heteroatoms. The largest absolute Gasteiger partial charge is 0.380 e. The van der Waals surface area contributed by atoms with Gasteiger partial charge >= 0.3 is 6.03 Å². The van der Waals surface area contributed by atoms with Crippen molar-refractivity contribution in [2.24, 2.45) is 0 Å². The summed E-state index contributed by atoms with van der Waals surface area (Å²) in [5.41, 5.74) is 0. The van der Waals surface area contributed by atoms with E-state index in [1.54, 1.807) is 0 Å². The molecule has 4 nitrogen and oxygen atoms in total. The van der Waals surface area contributed by atoms with Crippen LogP contribution in [0.1, 0.15) is 20.8 Å². The van der Waals surface area contributed by atoms with Gasteiger partial charge in [-0.25, -0.2) is 4.79 Å². The van der Waals surface area contributed by atoms with Gasteiger partial charge in [-0.15, -0.1) is 0 Å². The highest BCUT2D eigenvalue weighted by Gasteiger charge is 2.32. The normalized spacial score (nSPS) is 22.2. The van der Waals surface area contributed by atoms with Crippen LogP contribution in [0.4, 0.5) is 4.79 Å². The Morgan fingerprint density at radius 1 is 1.50 bits per heavy atom. The summed E-state index contributed by atoms with van der Waals surface area (Å²) in [6.45, 7) is 9.77. The minimum absolute atomic E-state index is 0.153. The molecule has 0 aromatic heterocycles. The van der Waals surface area contributed by atoms with E-state index in [4.69, 9.17) is 4.74 Å². The molecule has 1 aliphatic heterocycles. The van der Waals surface area contributed by atoms with Crippen LogP contribution in [0.25, 0.3) is 0 Å². The molecule has 1 fully saturated rings. The van der Waals surface area contributed by atoms with Gasteiger partial charge in [0.2, 0.25) is 0 Å². The zero-order valence-electron chi connectivity index (χ0n) is 9.32. The summed E-state index contributed by atoms with van der Waals surface area (Å²) in [6.07, 6.45) is 0. The van der Waals surface area contributed by atoms with E-state index >= 15 is 0 Å². The molecule has 0 aromatic carbocycles. The van der Waals surface area contributed by atoms with Crippen LogP contribution in [0.5, 0.6) is 0 Å². The number of hydrogen-bond acceptors (Lipinski definition) is 2. The Morgan fingerprint density at radius 3 is 2.71 bits per heavy atom. The number of ether oxygens (including phenoxy) is 1. The molecule has 1 heterocycles. The van der Waals surface area contributed by atoms with E-state index < -0.39 is 0 Å². The molecule has 0 spiro atoms. The minimum atomic E-state index is 0.153. The lowest BCUT2D eigenvalue weighted by Crippen LogP contribution is -2.34. The fourth-order valence-electron chi connectivity index (χ4n) is 1.82. The Bertz CT molecular complexity index is 197. The second-order valence-electron chi connectivity index (χ2n) is 3.56. The van der Waals surface area contributed by atoms with E-state index in [1.807, 2.05) is 23.6 Å². The van der Waals surface area contributed by atoms with Crippen molar-refractivity contribution < 1.29 is 9.53 Å². The molecule has 0 saturated carbocycles. The van der Waals surface area contributed by atoms with Gasteiger partial charge in [0.15, 0.2) is 0 Å². The van der Waals surface area contributed by atoms with Crippen LogP contribution in [0.2, 0.25) is 0 Å². The maximum absolute atomic E-state index is 11.7. The molecule has 1 saturated heterocycles. The third kappa shape index (κ3) is 2.38. The number of hydrogen-bond donors (Lipinski definition) is 0. The highest BCUT2D eigenvalue weighted by atomic mass is 16.5. The van der Waals surface area contributed by atoms with Crippen molar-refractivity contribution in [2.75, 3.05) is 32.8 Å². The first-order valence-corrected chi connectivity index (χ1v) is 5.34. The molecular formula is C10H20N2O2. The lowest BCUT2D eigenvalue weighted by Gasteiger charge is -2.18. The molecule has 2 amide bonds. The first-order valence-electron chi connectivity index (χ1n) is 5.34. The third-order valence-corrected chi connectivity index (χ3v) is 2.58. The predicted molar refractivity (Wildman–Crippen MR) is 55.3 cm³/mol. The summed E-state index contributed by atoms with van der Waals surface area (Å²) in [7, 11) is 0. The number of likely N-dealkylation sites (N-methyl/N-ethyl adjacent to an activating group) is 1. The highest BCUT2D eigenvalue weighted by Crippen LogP contribution is 2.14. The van der Waals surface area contributed by atoms with Crippen LogP contribution < -0.4 is 0 Å². The molecule has 0 radical (unpaired) electrons. The molecule has 1 aliphatic rings. The SMILES string of the molecule is CCOCCN1CC(C)N(CC)C1=O. The minimum Gasteiger partial charge on any atom is -0.380 e. The van der Waals surface area contributed by atoms with Crippen LogP contribution in [0, 0.1) is 0 Å². The number of amides is 2. The summed E-state index contributed by atoms with van der Waals surface area (Å²) < 4.78 is 5.24. The first-order chi connectivity index (χ1) is 6.70. The molecule has 0 aromatic rings. The van der Waals surface area contributed by atoms with Gasteiger partial charge in [0.25, 0.3) is 0 Å². The van der Waals surface area contributed by atoms with Gasteiger partial charge < -0.3 is 14.5 Å². The number of urea groups is 1. The maximum Gasteiger partial charge on any atom is 0.320 e. The van der Waals surface area contributed by atoms with Gasteiger partial charge in [-0.3, -0.25) is 0 Å². The average molecular weight is 200 g/mol. The monoisotopic (exact) mass is 200 g/mol. The van der Waals surface area contributed by atoms with Gasteiger partial charge in [-0.05, 0) is 20.8 Å². The topological polar surface area (TPSA) is 32.8 Å². The Morgan fingerprint density at radius 2 is 2.21 bits per heavy atom. The lowest BCUT2D eigenvalue weighted by atomic mass is 10.3. The van der Waals surface area contributed by atoms with E-state index in [0.717, 1.165) is 19.7 Å².